The molecule has 1 amide bonds. The Balaban J connectivity index is 2.09. The number of ketones is 1. The molecular formula is C21H21ClN2O6. The van der Waals surface area contributed by atoms with Gasteiger partial charge in [-0.05, 0) is 37.3 Å². The number of nitro benzene ring substituents is 1. The summed E-state index contributed by atoms with van der Waals surface area (Å²) >= 11 is 5.92. The summed E-state index contributed by atoms with van der Waals surface area (Å²) < 4.78 is 5.14. The molecule has 0 saturated carbocycles. The predicted molar refractivity (Wildman–Crippen MR) is 112 cm³/mol. The van der Waals surface area contributed by atoms with Crippen molar-refractivity contribution in [1.82, 2.24) is 0 Å². The molecule has 2 aromatic carbocycles. The summed E-state index contributed by atoms with van der Waals surface area (Å²) in [5.74, 6) is -1.59. The zero-order chi connectivity index (χ0) is 22.6. The number of nitrogens with one attached hydrogen (secondary N) is 1. The van der Waals surface area contributed by atoms with E-state index in [-0.39, 0.29) is 27.7 Å². The molecule has 0 aliphatic carbocycles. The van der Waals surface area contributed by atoms with Crippen molar-refractivity contribution in [3.63, 3.8) is 0 Å². The van der Waals surface area contributed by atoms with E-state index in [0.29, 0.717) is 5.69 Å². The van der Waals surface area contributed by atoms with Gasteiger partial charge in [0.15, 0.2) is 6.10 Å². The standard InChI is InChI=1S/C21H21ClN2O6/c1-12(30-19(26)16-11-15(24(28)29)9-10-17(16)22)18(25)13-5-7-14(8-6-13)23-20(27)21(2,3)4/h5-12H,1-4H3,(H,23,27). The highest BCUT2D eigenvalue weighted by atomic mass is 35.5. The van der Waals surface area contributed by atoms with Crippen LogP contribution in [0.2, 0.25) is 5.02 Å². The van der Waals surface area contributed by atoms with Crippen LogP contribution < -0.4 is 5.32 Å². The highest BCUT2D eigenvalue weighted by molar-refractivity contribution is 6.33. The maximum absolute atomic E-state index is 12.6. The molecule has 1 unspecified atom stereocenters. The second-order valence-corrected chi connectivity index (χ2v) is 8.02. The number of carbonyl (C=O) groups is 3. The number of carbonyl (C=O) groups excluding carboxylic acids is 3. The first-order chi connectivity index (χ1) is 13.9. The molecule has 2 rings (SSSR count). The Bertz CT molecular complexity index is 996. The molecule has 0 aliphatic heterocycles. The second-order valence-electron chi connectivity index (χ2n) is 7.61. The zero-order valence-electron chi connectivity index (χ0n) is 16.9. The smallest absolute Gasteiger partial charge is 0.340 e. The van der Waals surface area contributed by atoms with E-state index < -0.39 is 28.2 Å². The zero-order valence-corrected chi connectivity index (χ0v) is 17.6. The highest BCUT2D eigenvalue weighted by Crippen LogP contribution is 2.24. The van der Waals surface area contributed by atoms with Crippen LogP contribution in [-0.2, 0) is 9.53 Å². The van der Waals surface area contributed by atoms with E-state index in [2.05, 4.69) is 5.32 Å². The molecule has 0 saturated heterocycles. The highest BCUT2D eigenvalue weighted by Gasteiger charge is 2.24. The number of rotatable bonds is 6. The van der Waals surface area contributed by atoms with Crippen molar-refractivity contribution in [2.45, 2.75) is 33.8 Å². The fourth-order valence-corrected chi connectivity index (χ4v) is 2.53. The Kier molecular flexibility index (Phi) is 6.94. The Morgan fingerprint density at radius 3 is 2.23 bits per heavy atom. The van der Waals surface area contributed by atoms with Crippen molar-refractivity contribution in [3.05, 3.63) is 68.7 Å². The summed E-state index contributed by atoms with van der Waals surface area (Å²) in [7, 11) is 0. The van der Waals surface area contributed by atoms with Crippen LogP contribution in [0.4, 0.5) is 11.4 Å². The molecule has 9 heteroatoms. The van der Waals surface area contributed by atoms with Gasteiger partial charge < -0.3 is 10.1 Å². The molecular weight excluding hydrogens is 412 g/mol. The van der Waals surface area contributed by atoms with Gasteiger partial charge in [-0.1, -0.05) is 32.4 Å². The number of Topliss-reactive ketones (excluding diaryl/α,β-unsaturated/α-hetero) is 1. The van der Waals surface area contributed by atoms with Gasteiger partial charge in [-0.25, -0.2) is 4.79 Å². The number of halogens is 1. The van der Waals surface area contributed by atoms with Gasteiger partial charge in [-0.15, -0.1) is 0 Å². The van der Waals surface area contributed by atoms with Crippen LogP contribution in [0.15, 0.2) is 42.5 Å². The largest absolute Gasteiger partial charge is 0.451 e. The third-order valence-electron chi connectivity index (χ3n) is 4.14. The summed E-state index contributed by atoms with van der Waals surface area (Å²) in [5.41, 5.74) is -0.289. The van der Waals surface area contributed by atoms with E-state index in [1.54, 1.807) is 32.9 Å². The van der Waals surface area contributed by atoms with Gasteiger partial charge in [0.2, 0.25) is 11.7 Å². The number of hydrogen-bond acceptors (Lipinski definition) is 6. The number of non-ortho nitro benzene ring substituents is 1. The summed E-state index contributed by atoms with van der Waals surface area (Å²) in [4.78, 5) is 47.1. The number of nitro groups is 1. The van der Waals surface area contributed by atoms with E-state index in [0.717, 1.165) is 12.1 Å². The van der Waals surface area contributed by atoms with Gasteiger partial charge in [-0.3, -0.25) is 19.7 Å². The average Bonchev–Trinajstić information content (AvgIpc) is 2.67. The molecule has 0 radical (unpaired) electrons. The first-order valence-electron chi connectivity index (χ1n) is 9.01. The average molecular weight is 433 g/mol. The molecule has 0 bridgehead atoms. The minimum absolute atomic E-state index is 0.0239. The normalized spacial score (nSPS) is 12.0. The van der Waals surface area contributed by atoms with Crippen molar-refractivity contribution >= 4 is 40.6 Å². The molecule has 1 atom stereocenters. The third kappa shape index (κ3) is 5.64. The van der Waals surface area contributed by atoms with Gasteiger partial charge >= 0.3 is 5.97 Å². The van der Waals surface area contributed by atoms with Crippen LogP contribution in [0.5, 0.6) is 0 Å². The van der Waals surface area contributed by atoms with Crippen molar-refractivity contribution in [2.75, 3.05) is 5.32 Å². The monoisotopic (exact) mass is 432 g/mol. The van der Waals surface area contributed by atoms with Crippen molar-refractivity contribution in [1.29, 1.82) is 0 Å². The van der Waals surface area contributed by atoms with E-state index in [9.17, 15) is 24.5 Å². The predicted octanol–water partition coefficient (Wildman–Crippen LogP) is 4.66. The lowest BCUT2D eigenvalue weighted by Gasteiger charge is -2.18. The van der Waals surface area contributed by atoms with Crippen LogP contribution in [0, 0.1) is 15.5 Å². The molecule has 1 N–H and O–H groups in total. The second kappa shape index (κ2) is 9.04. The van der Waals surface area contributed by atoms with Crippen molar-refractivity contribution in [2.24, 2.45) is 5.41 Å². The van der Waals surface area contributed by atoms with Crippen LogP contribution in [0.25, 0.3) is 0 Å². The molecule has 0 aliphatic rings. The number of benzene rings is 2. The topological polar surface area (TPSA) is 116 Å². The molecule has 0 aromatic heterocycles. The Morgan fingerprint density at radius 1 is 1.10 bits per heavy atom. The van der Waals surface area contributed by atoms with Crippen LogP contribution in [-0.4, -0.2) is 28.7 Å². The van der Waals surface area contributed by atoms with Gasteiger partial charge in [-0.2, -0.15) is 0 Å². The fraction of sp³-hybridized carbons (Fsp3) is 0.286. The number of amides is 1. The van der Waals surface area contributed by atoms with Crippen LogP contribution >= 0.6 is 11.6 Å². The number of ether oxygens (including phenoxy) is 1. The third-order valence-corrected chi connectivity index (χ3v) is 4.47. The Labute approximate surface area is 178 Å². The molecule has 30 heavy (non-hydrogen) atoms. The lowest BCUT2D eigenvalue weighted by molar-refractivity contribution is -0.384. The van der Waals surface area contributed by atoms with Gasteiger partial charge in [0.05, 0.1) is 15.5 Å². The quantitative estimate of drug-likeness (QED) is 0.307. The van der Waals surface area contributed by atoms with Crippen molar-refractivity contribution in [3.8, 4) is 0 Å². The van der Waals surface area contributed by atoms with Crippen molar-refractivity contribution < 1.29 is 24.0 Å². The molecule has 2 aromatic rings. The lowest BCUT2D eigenvalue weighted by Crippen LogP contribution is -2.27. The van der Waals surface area contributed by atoms with Crippen LogP contribution in [0.1, 0.15) is 48.4 Å². The number of nitrogens with zero attached hydrogens (tertiary/aromatic N) is 1. The Hall–Kier alpha value is -3.26. The molecule has 0 spiro atoms. The van der Waals surface area contributed by atoms with E-state index in [4.69, 9.17) is 16.3 Å². The van der Waals surface area contributed by atoms with Gasteiger partial charge in [0.25, 0.3) is 5.69 Å². The maximum Gasteiger partial charge on any atom is 0.340 e. The summed E-state index contributed by atoms with van der Waals surface area (Å²) in [5, 5.41) is 13.6. The summed E-state index contributed by atoms with van der Waals surface area (Å²) in [6.45, 7) is 6.73. The first kappa shape index (κ1) is 23.0. The number of anilines is 1. The minimum Gasteiger partial charge on any atom is -0.451 e. The van der Waals surface area contributed by atoms with E-state index in [1.807, 2.05) is 0 Å². The fourth-order valence-electron chi connectivity index (χ4n) is 2.33. The van der Waals surface area contributed by atoms with Crippen LogP contribution in [0.3, 0.4) is 0 Å². The molecule has 0 fully saturated rings. The first-order valence-corrected chi connectivity index (χ1v) is 9.38. The summed E-state index contributed by atoms with van der Waals surface area (Å²) in [6, 6.07) is 9.53. The van der Waals surface area contributed by atoms with Gasteiger partial charge in [0, 0.05) is 28.8 Å². The summed E-state index contributed by atoms with van der Waals surface area (Å²) in [6.07, 6.45) is -1.15. The molecule has 8 nitrogen and oxygen atoms in total. The SMILES string of the molecule is CC(OC(=O)c1cc([N+](=O)[O-])ccc1Cl)C(=O)c1ccc(NC(=O)C(C)(C)C)cc1. The molecule has 0 heterocycles. The molecule has 158 valence electrons. The number of hydrogen-bond donors (Lipinski definition) is 1. The van der Waals surface area contributed by atoms with E-state index >= 15 is 0 Å². The number of esters is 1. The van der Waals surface area contributed by atoms with Gasteiger partial charge in [0.1, 0.15) is 0 Å². The maximum atomic E-state index is 12.6. The minimum atomic E-state index is -1.15. The lowest BCUT2D eigenvalue weighted by atomic mass is 9.95. The van der Waals surface area contributed by atoms with E-state index in [1.165, 1.54) is 25.1 Å². The Morgan fingerprint density at radius 2 is 1.70 bits per heavy atom.